The largest absolute Gasteiger partial charge is 0.395 e. The molecule has 2 atom stereocenters. The minimum Gasteiger partial charge on any atom is -0.395 e. The Kier molecular flexibility index (Phi) is 5.73. The molecule has 1 amide bonds. The molecule has 0 aliphatic rings. The van der Waals surface area contributed by atoms with E-state index in [0.717, 1.165) is 0 Å². The maximum absolute atomic E-state index is 11.7. The predicted molar refractivity (Wildman–Crippen MR) is 72.2 cm³/mol. The first-order valence-corrected chi connectivity index (χ1v) is 7.36. The Morgan fingerprint density at radius 3 is 2.94 bits per heavy atom. The van der Waals surface area contributed by atoms with E-state index in [2.05, 4.69) is 10.3 Å². The molecule has 4 N–H and O–H groups in total. The van der Waals surface area contributed by atoms with Gasteiger partial charge in [0.05, 0.1) is 18.7 Å². The van der Waals surface area contributed by atoms with Crippen molar-refractivity contribution in [2.75, 3.05) is 18.6 Å². The van der Waals surface area contributed by atoms with Crippen molar-refractivity contribution in [3.8, 4) is 0 Å². The van der Waals surface area contributed by atoms with Gasteiger partial charge in [-0.15, -0.1) is 11.3 Å². The van der Waals surface area contributed by atoms with E-state index in [1.54, 1.807) is 5.38 Å². The number of aromatic nitrogens is 1. The van der Waals surface area contributed by atoms with Gasteiger partial charge in [0.25, 0.3) is 0 Å². The number of rotatable bonds is 6. The molecule has 17 heavy (non-hydrogen) atoms. The first kappa shape index (κ1) is 14.3. The maximum Gasteiger partial charge on any atom is 0.226 e. The van der Waals surface area contributed by atoms with Crippen LogP contribution in [0.1, 0.15) is 12.6 Å². The summed E-state index contributed by atoms with van der Waals surface area (Å²) in [5.41, 5.74) is 6.17. The number of hydrogen-bond donors (Lipinski definition) is 3. The van der Waals surface area contributed by atoms with E-state index in [4.69, 9.17) is 10.8 Å². The summed E-state index contributed by atoms with van der Waals surface area (Å²) in [6.07, 6.45) is 2.13. The van der Waals surface area contributed by atoms with E-state index < -0.39 is 0 Å². The third-order valence-electron chi connectivity index (χ3n) is 2.34. The number of carbonyl (C=O) groups excluding carboxylic acids is 1. The zero-order valence-corrected chi connectivity index (χ0v) is 11.5. The van der Waals surface area contributed by atoms with Gasteiger partial charge in [0.2, 0.25) is 5.91 Å². The topological polar surface area (TPSA) is 88.2 Å². The molecule has 0 saturated carbocycles. The Morgan fingerprint density at radius 1 is 1.76 bits per heavy atom. The number of aliphatic hydroxyl groups is 1. The molecule has 0 bridgehead atoms. The fourth-order valence-corrected chi connectivity index (χ4v) is 2.59. The zero-order chi connectivity index (χ0) is 12.8. The molecule has 1 aromatic heterocycles. The van der Waals surface area contributed by atoms with Crippen molar-refractivity contribution in [2.45, 2.75) is 24.6 Å². The minimum atomic E-state index is -0.102. The second-order valence-electron chi connectivity index (χ2n) is 3.67. The van der Waals surface area contributed by atoms with Gasteiger partial charge in [-0.1, -0.05) is 0 Å². The molecule has 0 radical (unpaired) electrons. The fourth-order valence-electron chi connectivity index (χ4n) is 1.40. The molecule has 0 aliphatic heterocycles. The van der Waals surface area contributed by atoms with Gasteiger partial charge in [0, 0.05) is 16.7 Å². The molecule has 1 aromatic rings. The normalized spacial score (nSPS) is 14.3. The van der Waals surface area contributed by atoms with Crippen molar-refractivity contribution in [3.05, 3.63) is 11.1 Å². The lowest BCUT2D eigenvalue weighted by Gasteiger charge is -2.21. The Hall–Kier alpha value is -0.790. The standard InChI is InChI=1S/C10H17N3O2S2/c1-6(8(4-14)16-2)12-9(15)3-7-5-17-10(11)13-7/h5-6,8,14H,3-4H2,1-2H3,(H2,11,13)(H,12,15). The number of nitrogen functional groups attached to an aromatic ring is 1. The highest BCUT2D eigenvalue weighted by molar-refractivity contribution is 7.99. The van der Waals surface area contributed by atoms with Gasteiger partial charge < -0.3 is 16.2 Å². The number of nitrogens with two attached hydrogens (primary N) is 1. The molecule has 2 unspecified atom stereocenters. The predicted octanol–water partition coefficient (Wildman–Crippen LogP) is 0.496. The molecule has 0 spiro atoms. The van der Waals surface area contributed by atoms with Crippen molar-refractivity contribution in [1.82, 2.24) is 10.3 Å². The number of nitrogens with one attached hydrogen (secondary N) is 1. The second-order valence-corrected chi connectivity index (χ2v) is 5.63. The molecule has 5 nitrogen and oxygen atoms in total. The lowest BCUT2D eigenvalue weighted by Crippen LogP contribution is -2.41. The third-order valence-corrected chi connectivity index (χ3v) is 4.23. The SMILES string of the molecule is CSC(CO)C(C)NC(=O)Cc1csc(N)n1. The van der Waals surface area contributed by atoms with Crippen LogP contribution in [-0.4, -0.2) is 40.2 Å². The quantitative estimate of drug-likeness (QED) is 0.703. The monoisotopic (exact) mass is 275 g/mol. The van der Waals surface area contributed by atoms with Crippen LogP contribution in [0.2, 0.25) is 0 Å². The van der Waals surface area contributed by atoms with E-state index in [1.165, 1.54) is 23.1 Å². The number of hydrogen-bond acceptors (Lipinski definition) is 6. The van der Waals surface area contributed by atoms with Crippen LogP contribution < -0.4 is 11.1 Å². The number of thioether (sulfide) groups is 1. The summed E-state index contributed by atoms with van der Waals surface area (Å²) in [6.45, 7) is 1.93. The Bertz CT molecular complexity index is 366. The van der Waals surface area contributed by atoms with Gasteiger partial charge in [-0.05, 0) is 13.2 Å². The summed E-state index contributed by atoms with van der Waals surface area (Å²) in [6, 6.07) is -0.0708. The van der Waals surface area contributed by atoms with Crippen molar-refractivity contribution in [3.63, 3.8) is 0 Å². The van der Waals surface area contributed by atoms with Crippen molar-refractivity contribution in [1.29, 1.82) is 0 Å². The number of thiazole rings is 1. The summed E-state index contributed by atoms with van der Waals surface area (Å²) in [5, 5.41) is 14.2. The Labute approximate surface area is 109 Å². The average molecular weight is 275 g/mol. The third kappa shape index (κ3) is 4.53. The van der Waals surface area contributed by atoms with Crippen LogP contribution in [0.25, 0.3) is 0 Å². The van der Waals surface area contributed by atoms with E-state index in [0.29, 0.717) is 10.8 Å². The minimum absolute atomic E-state index is 0.0134. The number of anilines is 1. The van der Waals surface area contributed by atoms with E-state index in [-0.39, 0.29) is 30.2 Å². The first-order valence-electron chi connectivity index (χ1n) is 5.19. The van der Waals surface area contributed by atoms with Crippen LogP contribution in [0.5, 0.6) is 0 Å². The molecule has 7 heteroatoms. The van der Waals surface area contributed by atoms with Crippen molar-refractivity contribution < 1.29 is 9.90 Å². The summed E-state index contributed by atoms with van der Waals surface area (Å²) < 4.78 is 0. The van der Waals surface area contributed by atoms with E-state index in [1.807, 2.05) is 13.2 Å². The smallest absolute Gasteiger partial charge is 0.226 e. The summed E-state index contributed by atoms with van der Waals surface area (Å²) in [5.74, 6) is -0.102. The Balaban J connectivity index is 2.44. The number of aliphatic hydroxyl groups excluding tert-OH is 1. The molecular weight excluding hydrogens is 258 g/mol. The van der Waals surface area contributed by atoms with E-state index in [9.17, 15) is 4.79 Å². The highest BCUT2D eigenvalue weighted by Crippen LogP contribution is 2.13. The maximum atomic E-state index is 11.7. The van der Waals surface area contributed by atoms with Gasteiger partial charge in [0.1, 0.15) is 0 Å². The highest BCUT2D eigenvalue weighted by Gasteiger charge is 2.17. The molecule has 96 valence electrons. The van der Waals surface area contributed by atoms with E-state index >= 15 is 0 Å². The van der Waals surface area contributed by atoms with Gasteiger partial charge in [-0.2, -0.15) is 11.8 Å². The molecule has 0 fully saturated rings. The first-order chi connectivity index (χ1) is 8.06. The Morgan fingerprint density at radius 2 is 2.47 bits per heavy atom. The number of nitrogens with zero attached hydrogens (tertiary/aromatic N) is 1. The highest BCUT2D eigenvalue weighted by atomic mass is 32.2. The van der Waals surface area contributed by atoms with Gasteiger partial charge in [-0.3, -0.25) is 4.79 Å². The van der Waals surface area contributed by atoms with Gasteiger partial charge in [0.15, 0.2) is 5.13 Å². The number of amides is 1. The zero-order valence-electron chi connectivity index (χ0n) is 9.84. The van der Waals surface area contributed by atoms with Crippen LogP contribution in [-0.2, 0) is 11.2 Å². The van der Waals surface area contributed by atoms with Gasteiger partial charge >= 0.3 is 0 Å². The van der Waals surface area contributed by atoms with Crippen LogP contribution in [0.15, 0.2) is 5.38 Å². The molecule has 0 aliphatic carbocycles. The van der Waals surface area contributed by atoms with Crippen molar-refractivity contribution in [2.24, 2.45) is 0 Å². The summed E-state index contributed by atoms with van der Waals surface area (Å²) in [4.78, 5) is 15.7. The van der Waals surface area contributed by atoms with Gasteiger partial charge in [-0.25, -0.2) is 4.98 Å². The molecule has 0 saturated heterocycles. The average Bonchev–Trinajstić information content (AvgIpc) is 2.65. The van der Waals surface area contributed by atoms with Crippen molar-refractivity contribution >= 4 is 34.1 Å². The second kappa shape index (κ2) is 6.83. The molecular formula is C10H17N3O2S2. The lowest BCUT2D eigenvalue weighted by molar-refractivity contribution is -0.121. The molecule has 1 heterocycles. The lowest BCUT2D eigenvalue weighted by atomic mass is 10.2. The summed E-state index contributed by atoms with van der Waals surface area (Å²) >= 11 is 2.86. The van der Waals surface area contributed by atoms with Crippen LogP contribution >= 0.6 is 23.1 Å². The fraction of sp³-hybridized carbons (Fsp3) is 0.600. The van der Waals surface area contributed by atoms with Crippen LogP contribution in [0.4, 0.5) is 5.13 Å². The molecule has 0 aromatic carbocycles. The van der Waals surface area contributed by atoms with Crippen LogP contribution in [0.3, 0.4) is 0 Å². The summed E-state index contributed by atoms with van der Waals surface area (Å²) in [7, 11) is 0. The van der Waals surface area contributed by atoms with Crippen LogP contribution in [0, 0.1) is 0 Å². The number of carbonyl (C=O) groups is 1. The molecule has 1 rings (SSSR count).